The Bertz CT molecular complexity index is 1850. The summed E-state index contributed by atoms with van der Waals surface area (Å²) in [4.78, 5) is 85.7. The Kier molecular flexibility index (Phi) is 13.4. The van der Waals surface area contributed by atoms with Crippen LogP contribution in [0.5, 0.6) is 0 Å². The van der Waals surface area contributed by atoms with E-state index in [1.807, 2.05) is 12.1 Å². The van der Waals surface area contributed by atoms with Crippen LogP contribution in [0.15, 0.2) is 42.5 Å². The van der Waals surface area contributed by atoms with E-state index in [1.165, 1.54) is 15.9 Å². The molecule has 1 aliphatic carbocycles. The van der Waals surface area contributed by atoms with Gasteiger partial charge >= 0.3 is 12.2 Å². The zero-order chi connectivity index (χ0) is 40.6. The fraction of sp³-hybridized carbons (Fsp3) is 0.571. The zero-order valence-corrected chi connectivity index (χ0v) is 32.7. The molecule has 2 saturated heterocycles. The van der Waals surface area contributed by atoms with Crippen LogP contribution >= 0.6 is 0 Å². The third-order valence-electron chi connectivity index (χ3n) is 11.9. The fourth-order valence-electron chi connectivity index (χ4n) is 8.37. The number of carbonyl (C=O) groups is 6. The number of para-hydroxylation sites is 2. The first-order valence-corrected chi connectivity index (χ1v) is 20.7. The molecule has 4 N–H and O–H groups in total. The van der Waals surface area contributed by atoms with Gasteiger partial charge in [-0.15, -0.1) is 0 Å². The van der Waals surface area contributed by atoms with Gasteiger partial charge in [-0.05, 0) is 48.9 Å². The van der Waals surface area contributed by atoms with E-state index >= 15 is 0 Å². The number of Topliss-reactive ketones (excluding diaryl/α,β-unsaturated/α-hetero) is 1. The van der Waals surface area contributed by atoms with Crippen LogP contribution in [0.4, 0.5) is 25.4 Å². The normalized spacial score (nSPS) is 26.3. The molecule has 0 spiro atoms. The first kappa shape index (κ1) is 40.9. The molecule has 5 aliphatic rings. The van der Waals surface area contributed by atoms with Crippen LogP contribution in [-0.4, -0.2) is 102 Å². The summed E-state index contributed by atoms with van der Waals surface area (Å²) in [6, 6.07) is 8.32. The third kappa shape index (κ3) is 10.1. The molecule has 312 valence electrons. The minimum Gasteiger partial charge on any atom is -0.444 e. The molecule has 16 heteroatoms. The summed E-state index contributed by atoms with van der Waals surface area (Å²) in [5.74, 6) is -3.25. The predicted molar refractivity (Wildman–Crippen MR) is 209 cm³/mol. The fourth-order valence-corrected chi connectivity index (χ4v) is 8.37. The van der Waals surface area contributed by atoms with Crippen LogP contribution in [0.25, 0.3) is 0 Å². The van der Waals surface area contributed by atoms with Gasteiger partial charge in [0.2, 0.25) is 17.6 Å². The number of nitrogens with one attached hydrogen (secondary N) is 4. The van der Waals surface area contributed by atoms with Crippen molar-refractivity contribution >= 4 is 47.1 Å². The standard InChI is InChI=1S/C42H53FN6O9/c43-31-13-9-12-27-22-48(24-30(27)31)42(55)58-29-21-36-38(51)46-35(20-26-10-8-11-26)37(50)39(52)45-33-15-6-5-14-32(33)44-18-7-3-1-2-4-16-34(40(53)49(36)23-29)47-41(54)57-28-17-19-56-25-28/h5-6,9,12-15,26,28-29,34-36,44H,1-4,7-8,10-11,16-25H2,(H,45,52)(H,46,51)(H,47,54)/t28?,29-,34+,35?,36+/m1/s1. The Labute approximate surface area is 337 Å². The Morgan fingerprint density at radius 3 is 2.41 bits per heavy atom. The van der Waals surface area contributed by atoms with Gasteiger partial charge in [0.15, 0.2) is 0 Å². The smallest absolute Gasteiger partial charge is 0.410 e. The molecule has 2 unspecified atom stereocenters. The highest BCUT2D eigenvalue weighted by molar-refractivity contribution is 6.42. The molecule has 58 heavy (non-hydrogen) atoms. The van der Waals surface area contributed by atoms with Crippen molar-refractivity contribution in [3.8, 4) is 0 Å². The largest absolute Gasteiger partial charge is 0.444 e. The summed E-state index contributed by atoms with van der Waals surface area (Å²) < 4.78 is 31.3. The Morgan fingerprint density at radius 1 is 0.862 bits per heavy atom. The van der Waals surface area contributed by atoms with Gasteiger partial charge in [-0.3, -0.25) is 24.1 Å². The summed E-state index contributed by atoms with van der Waals surface area (Å²) in [5, 5.41) is 11.6. The second-order valence-electron chi connectivity index (χ2n) is 16.0. The molecule has 0 radical (unpaired) electrons. The number of anilines is 2. The van der Waals surface area contributed by atoms with Crippen molar-refractivity contribution in [1.82, 2.24) is 20.4 Å². The van der Waals surface area contributed by atoms with Gasteiger partial charge in [0.05, 0.1) is 43.7 Å². The summed E-state index contributed by atoms with van der Waals surface area (Å²) in [5.41, 5.74) is 2.18. The molecule has 5 amide bonds. The van der Waals surface area contributed by atoms with Crippen molar-refractivity contribution in [3.05, 3.63) is 59.4 Å². The maximum atomic E-state index is 14.6. The van der Waals surface area contributed by atoms with Gasteiger partial charge in [-0.2, -0.15) is 0 Å². The summed E-state index contributed by atoms with van der Waals surface area (Å²) in [6.07, 6.45) is 4.63. The highest BCUT2D eigenvalue weighted by Crippen LogP contribution is 2.32. The van der Waals surface area contributed by atoms with E-state index < -0.39 is 71.8 Å². The van der Waals surface area contributed by atoms with Crippen LogP contribution in [0.3, 0.4) is 0 Å². The summed E-state index contributed by atoms with van der Waals surface area (Å²) in [7, 11) is 0. The van der Waals surface area contributed by atoms with E-state index in [-0.39, 0.29) is 51.4 Å². The first-order chi connectivity index (χ1) is 28.1. The number of nitrogens with zero attached hydrogens (tertiary/aromatic N) is 2. The molecule has 5 atom stereocenters. The van der Waals surface area contributed by atoms with Gasteiger partial charge in [0.1, 0.15) is 30.1 Å². The maximum Gasteiger partial charge on any atom is 0.410 e. The topological polar surface area (TPSA) is 185 Å². The molecule has 7 rings (SSSR count). The van der Waals surface area contributed by atoms with E-state index in [2.05, 4.69) is 21.3 Å². The van der Waals surface area contributed by atoms with Gasteiger partial charge in [-0.1, -0.05) is 69.2 Å². The van der Waals surface area contributed by atoms with Crippen molar-refractivity contribution in [1.29, 1.82) is 0 Å². The molecule has 4 aliphatic heterocycles. The highest BCUT2D eigenvalue weighted by atomic mass is 19.1. The molecular weight excluding hydrogens is 751 g/mol. The van der Waals surface area contributed by atoms with Crippen molar-refractivity contribution < 1.29 is 47.4 Å². The number of carbonyl (C=O) groups excluding carboxylic acids is 6. The first-order valence-electron chi connectivity index (χ1n) is 20.7. The van der Waals surface area contributed by atoms with Crippen LogP contribution in [0.1, 0.15) is 88.2 Å². The SMILES string of the molecule is O=C(N[C@H]1CCCCCCCNc2ccccc2NC(=O)C(=O)C(CC2CCC2)NC(=O)[C@@H]2C[C@@H](OC(=O)N3Cc4cccc(F)c4C3)CN2C1=O)OC1CCOC1. The molecule has 1 saturated carbocycles. The number of benzene rings is 2. The van der Waals surface area contributed by atoms with Crippen LogP contribution in [0.2, 0.25) is 0 Å². The van der Waals surface area contributed by atoms with E-state index in [0.29, 0.717) is 48.5 Å². The predicted octanol–water partition coefficient (Wildman–Crippen LogP) is 4.78. The lowest BCUT2D eigenvalue weighted by molar-refractivity contribution is -0.142. The number of rotatable bonds is 5. The van der Waals surface area contributed by atoms with Crippen LogP contribution in [0, 0.1) is 11.7 Å². The van der Waals surface area contributed by atoms with Crippen LogP contribution in [-0.2, 0) is 46.5 Å². The average Bonchev–Trinajstić information content (AvgIpc) is 3.97. The quantitative estimate of drug-likeness (QED) is 0.307. The number of fused-ring (bicyclic) bond motifs is 3. The second-order valence-corrected chi connectivity index (χ2v) is 16.0. The van der Waals surface area contributed by atoms with Crippen molar-refractivity contribution in [3.63, 3.8) is 0 Å². The van der Waals surface area contributed by atoms with E-state index in [0.717, 1.165) is 44.9 Å². The number of ketones is 1. The molecule has 0 bridgehead atoms. The molecule has 0 aromatic heterocycles. The van der Waals surface area contributed by atoms with Crippen molar-refractivity contribution in [2.75, 3.05) is 36.9 Å². The molecule has 3 fully saturated rings. The van der Waals surface area contributed by atoms with Crippen molar-refractivity contribution in [2.45, 2.75) is 120 Å². The Morgan fingerprint density at radius 2 is 1.66 bits per heavy atom. The van der Waals surface area contributed by atoms with Gasteiger partial charge in [0.25, 0.3) is 5.91 Å². The molecular formula is C42H53FN6O9. The number of hydrogen-bond acceptors (Lipinski definition) is 10. The lowest BCUT2D eigenvalue weighted by atomic mass is 9.80. The lowest BCUT2D eigenvalue weighted by Crippen LogP contribution is -2.56. The number of alkyl carbamates (subject to hydrolysis) is 1. The van der Waals surface area contributed by atoms with E-state index in [1.54, 1.807) is 24.3 Å². The van der Waals surface area contributed by atoms with Crippen molar-refractivity contribution in [2.24, 2.45) is 5.92 Å². The molecule has 4 heterocycles. The Balaban J connectivity index is 1.14. The van der Waals surface area contributed by atoms with E-state index in [4.69, 9.17) is 14.2 Å². The third-order valence-corrected chi connectivity index (χ3v) is 11.9. The average molecular weight is 805 g/mol. The lowest BCUT2D eigenvalue weighted by Gasteiger charge is -2.32. The van der Waals surface area contributed by atoms with E-state index in [9.17, 15) is 33.2 Å². The van der Waals surface area contributed by atoms with Gasteiger partial charge in [0, 0.05) is 31.5 Å². The molecule has 2 aromatic carbocycles. The number of halogens is 1. The number of amides is 5. The zero-order valence-electron chi connectivity index (χ0n) is 32.7. The highest BCUT2D eigenvalue weighted by Gasteiger charge is 2.46. The summed E-state index contributed by atoms with van der Waals surface area (Å²) >= 11 is 0. The van der Waals surface area contributed by atoms with Gasteiger partial charge in [-0.25, -0.2) is 14.0 Å². The number of ether oxygens (including phenoxy) is 3. The second kappa shape index (κ2) is 19.0. The maximum absolute atomic E-state index is 14.6. The Hall–Kier alpha value is -5.25. The monoisotopic (exact) mass is 804 g/mol. The molecule has 15 nitrogen and oxygen atoms in total. The van der Waals surface area contributed by atoms with Crippen LogP contribution < -0.4 is 21.3 Å². The minimum absolute atomic E-state index is 0.00776. The van der Waals surface area contributed by atoms with Gasteiger partial charge < -0.3 is 40.4 Å². The minimum atomic E-state index is -1.21. The number of hydrogen-bond donors (Lipinski definition) is 4. The summed E-state index contributed by atoms with van der Waals surface area (Å²) in [6.45, 7) is 1.31. The molecule has 2 aromatic rings.